The highest BCUT2D eigenvalue weighted by Crippen LogP contribution is 2.28. The molecule has 1 aromatic heterocycles. The number of nitro benzene ring substituents is 1. The molecule has 0 unspecified atom stereocenters. The van der Waals surface area contributed by atoms with Gasteiger partial charge >= 0.3 is 0 Å². The molecule has 0 spiro atoms. The zero-order valence-electron chi connectivity index (χ0n) is 15.0. The van der Waals surface area contributed by atoms with E-state index in [2.05, 4.69) is 15.5 Å². The fourth-order valence-electron chi connectivity index (χ4n) is 2.28. The van der Waals surface area contributed by atoms with Crippen LogP contribution in [0.2, 0.25) is 0 Å². The average molecular weight is 400 g/mol. The number of methoxy groups -OCH3 is 1. The van der Waals surface area contributed by atoms with E-state index in [4.69, 9.17) is 9.15 Å². The van der Waals surface area contributed by atoms with Crippen LogP contribution in [0.15, 0.2) is 58.2 Å². The number of amides is 1. The van der Waals surface area contributed by atoms with Gasteiger partial charge in [0.05, 0.1) is 17.3 Å². The number of carbonyl (C=O) groups is 1. The Morgan fingerprint density at radius 3 is 2.79 bits per heavy atom. The predicted octanol–water partition coefficient (Wildman–Crippen LogP) is 3.77. The van der Waals surface area contributed by atoms with E-state index >= 15 is 0 Å². The maximum atomic E-state index is 12.4. The molecule has 10 heteroatoms. The van der Waals surface area contributed by atoms with E-state index in [1.165, 1.54) is 18.2 Å². The first kappa shape index (κ1) is 19.4. The molecule has 9 nitrogen and oxygen atoms in total. The number of nitrogens with one attached hydrogen (secondary N) is 1. The number of thioether (sulfide) groups is 1. The fourth-order valence-corrected chi connectivity index (χ4v) is 2.96. The molecule has 1 heterocycles. The average Bonchev–Trinajstić information content (AvgIpc) is 3.16. The lowest BCUT2D eigenvalue weighted by Crippen LogP contribution is -2.22. The van der Waals surface area contributed by atoms with Crippen molar-refractivity contribution in [1.82, 2.24) is 10.2 Å². The number of nitrogens with zero attached hydrogens (tertiary/aromatic N) is 3. The molecule has 0 saturated heterocycles. The monoisotopic (exact) mass is 400 g/mol. The molecule has 0 aliphatic rings. The lowest BCUT2D eigenvalue weighted by atomic mass is 10.2. The molecule has 3 aromatic rings. The lowest BCUT2D eigenvalue weighted by molar-refractivity contribution is -0.384. The molecule has 0 fully saturated rings. The number of carbonyl (C=O) groups excluding carboxylic acids is 1. The number of benzene rings is 2. The Bertz CT molecular complexity index is 1010. The van der Waals surface area contributed by atoms with Gasteiger partial charge in [0.25, 0.3) is 10.9 Å². The largest absolute Gasteiger partial charge is 0.497 e. The molecule has 0 aliphatic heterocycles. The van der Waals surface area contributed by atoms with Crippen molar-refractivity contribution >= 4 is 29.0 Å². The Kier molecular flexibility index (Phi) is 5.90. The summed E-state index contributed by atoms with van der Waals surface area (Å²) >= 11 is 1.09. The Labute approximate surface area is 164 Å². The second-order valence-corrected chi connectivity index (χ2v) is 6.95. The van der Waals surface area contributed by atoms with Crippen molar-refractivity contribution in [2.24, 2.45) is 0 Å². The highest BCUT2D eigenvalue weighted by molar-refractivity contribution is 8.00. The third-order valence-corrected chi connectivity index (χ3v) is 4.63. The highest BCUT2D eigenvalue weighted by Gasteiger charge is 2.19. The van der Waals surface area contributed by atoms with Gasteiger partial charge in [0.15, 0.2) is 0 Å². The summed E-state index contributed by atoms with van der Waals surface area (Å²) in [4.78, 5) is 22.8. The van der Waals surface area contributed by atoms with Crippen molar-refractivity contribution in [2.45, 2.75) is 17.4 Å². The van der Waals surface area contributed by atoms with Gasteiger partial charge in [-0.25, -0.2) is 0 Å². The molecule has 1 N–H and O–H groups in total. The standard InChI is InChI=1S/C18H16N4O5S/c1-11(16(23)19-13-6-4-8-15(10-13)26-2)28-18-21-20-17(27-18)12-5-3-7-14(9-12)22(24)25/h3-11H,1-2H3,(H,19,23)/t11-/m1/s1. The van der Waals surface area contributed by atoms with Gasteiger partial charge in [-0.15, -0.1) is 10.2 Å². The van der Waals surface area contributed by atoms with Crippen LogP contribution in [0, 0.1) is 10.1 Å². The number of ether oxygens (including phenoxy) is 1. The Morgan fingerprint density at radius 1 is 1.25 bits per heavy atom. The van der Waals surface area contributed by atoms with Crippen LogP contribution in [0.4, 0.5) is 11.4 Å². The maximum absolute atomic E-state index is 12.4. The van der Waals surface area contributed by atoms with Gasteiger partial charge in [0.1, 0.15) is 5.75 Å². The van der Waals surface area contributed by atoms with E-state index in [1.54, 1.807) is 44.4 Å². The van der Waals surface area contributed by atoms with Gasteiger partial charge < -0.3 is 14.5 Å². The number of rotatable bonds is 7. The molecule has 2 aromatic carbocycles. The fraction of sp³-hybridized carbons (Fsp3) is 0.167. The van der Waals surface area contributed by atoms with Crippen LogP contribution in [0.25, 0.3) is 11.5 Å². The molecule has 0 aliphatic carbocycles. The van der Waals surface area contributed by atoms with E-state index in [1.807, 2.05) is 0 Å². The summed E-state index contributed by atoms with van der Waals surface area (Å²) < 4.78 is 10.7. The molecular weight excluding hydrogens is 384 g/mol. The molecule has 1 amide bonds. The van der Waals surface area contributed by atoms with Crippen LogP contribution in [0.3, 0.4) is 0 Å². The maximum Gasteiger partial charge on any atom is 0.277 e. The first-order chi connectivity index (χ1) is 13.5. The van der Waals surface area contributed by atoms with E-state index in [-0.39, 0.29) is 22.7 Å². The molecule has 1 atom stereocenters. The second kappa shape index (κ2) is 8.53. The number of anilines is 1. The van der Waals surface area contributed by atoms with E-state index in [0.717, 1.165) is 11.8 Å². The summed E-state index contributed by atoms with van der Waals surface area (Å²) in [5, 5.41) is 21.2. The molecule has 28 heavy (non-hydrogen) atoms. The Balaban J connectivity index is 1.66. The Hall–Kier alpha value is -3.40. The molecule has 0 bridgehead atoms. The van der Waals surface area contributed by atoms with Crippen molar-refractivity contribution in [3.63, 3.8) is 0 Å². The van der Waals surface area contributed by atoms with Gasteiger partial charge in [-0.05, 0) is 25.1 Å². The number of aromatic nitrogens is 2. The number of hydrogen-bond acceptors (Lipinski definition) is 8. The molecule has 3 rings (SSSR count). The van der Waals surface area contributed by atoms with Crippen LogP contribution in [-0.2, 0) is 4.79 Å². The topological polar surface area (TPSA) is 120 Å². The minimum Gasteiger partial charge on any atom is -0.497 e. The van der Waals surface area contributed by atoms with Crippen molar-refractivity contribution in [1.29, 1.82) is 0 Å². The zero-order valence-corrected chi connectivity index (χ0v) is 15.8. The van der Waals surface area contributed by atoms with Gasteiger partial charge in [-0.3, -0.25) is 14.9 Å². The summed E-state index contributed by atoms with van der Waals surface area (Å²) in [5.74, 6) is 0.538. The number of hydrogen-bond donors (Lipinski definition) is 1. The molecule has 0 radical (unpaired) electrons. The molecule has 0 saturated carbocycles. The van der Waals surface area contributed by atoms with Gasteiger partial charge in [0.2, 0.25) is 11.8 Å². The van der Waals surface area contributed by atoms with E-state index in [9.17, 15) is 14.9 Å². The molecule has 144 valence electrons. The number of nitro groups is 1. The Morgan fingerprint density at radius 2 is 2.04 bits per heavy atom. The number of non-ortho nitro benzene ring substituents is 1. The van der Waals surface area contributed by atoms with E-state index in [0.29, 0.717) is 17.0 Å². The highest BCUT2D eigenvalue weighted by atomic mass is 32.2. The van der Waals surface area contributed by atoms with Crippen molar-refractivity contribution in [3.05, 3.63) is 58.6 Å². The van der Waals surface area contributed by atoms with Crippen molar-refractivity contribution in [3.8, 4) is 17.2 Å². The first-order valence-corrected chi connectivity index (χ1v) is 9.04. The third-order valence-electron chi connectivity index (χ3n) is 3.69. The lowest BCUT2D eigenvalue weighted by Gasteiger charge is -2.10. The van der Waals surface area contributed by atoms with Gasteiger partial charge in [-0.2, -0.15) is 0 Å². The second-order valence-electron chi connectivity index (χ2n) is 5.66. The van der Waals surface area contributed by atoms with Crippen LogP contribution in [0.1, 0.15) is 6.92 Å². The van der Waals surface area contributed by atoms with Crippen LogP contribution >= 0.6 is 11.8 Å². The van der Waals surface area contributed by atoms with Gasteiger partial charge in [-0.1, -0.05) is 23.9 Å². The summed E-state index contributed by atoms with van der Waals surface area (Å²) in [5.41, 5.74) is 0.970. The SMILES string of the molecule is COc1cccc(NC(=O)[C@@H](C)Sc2nnc(-c3cccc([N+](=O)[O-])c3)o2)c1. The normalized spacial score (nSPS) is 11.6. The minimum atomic E-state index is -0.510. The zero-order chi connectivity index (χ0) is 20.1. The summed E-state index contributed by atoms with van der Waals surface area (Å²) in [6.45, 7) is 1.71. The van der Waals surface area contributed by atoms with Crippen molar-refractivity contribution in [2.75, 3.05) is 12.4 Å². The summed E-state index contributed by atoms with van der Waals surface area (Å²) in [6.07, 6.45) is 0. The van der Waals surface area contributed by atoms with Crippen LogP contribution in [-0.4, -0.2) is 33.4 Å². The van der Waals surface area contributed by atoms with Gasteiger partial charge in [0, 0.05) is 29.4 Å². The van der Waals surface area contributed by atoms with E-state index < -0.39 is 10.2 Å². The van der Waals surface area contributed by atoms with Crippen molar-refractivity contribution < 1.29 is 18.9 Å². The van der Waals surface area contributed by atoms with Crippen LogP contribution in [0.5, 0.6) is 5.75 Å². The quantitative estimate of drug-likeness (QED) is 0.361. The van der Waals surface area contributed by atoms with Crippen LogP contribution < -0.4 is 10.1 Å². The smallest absolute Gasteiger partial charge is 0.277 e. The predicted molar refractivity (Wildman–Crippen MR) is 103 cm³/mol. The molecular formula is C18H16N4O5S. The minimum absolute atomic E-state index is 0.0732. The summed E-state index contributed by atoms with van der Waals surface area (Å²) in [7, 11) is 1.55. The summed E-state index contributed by atoms with van der Waals surface area (Å²) in [6, 6.07) is 12.9. The first-order valence-electron chi connectivity index (χ1n) is 8.16. The third kappa shape index (κ3) is 4.65.